The predicted octanol–water partition coefficient (Wildman–Crippen LogP) is 4.72. The maximum absolute atomic E-state index is 6.04. The van der Waals surface area contributed by atoms with E-state index in [0.717, 1.165) is 33.2 Å². The van der Waals surface area contributed by atoms with Crippen LogP contribution >= 0.6 is 11.6 Å². The summed E-state index contributed by atoms with van der Waals surface area (Å²) in [5.41, 5.74) is 4.06. The van der Waals surface area contributed by atoms with Gasteiger partial charge in [-0.3, -0.25) is 0 Å². The minimum Gasteiger partial charge on any atom is -0.221 e. The molecule has 22 heavy (non-hydrogen) atoms. The lowest BCUT2D eigenvalue weighted by Crippen LogP contribution is -1.85. The lowest BCUT2D eigenvalue weighted by atomic mass is 10.0. The third kappa shape index (κ3) is 2.36. The molecule has 3 nitrogen and oxygen atoms in total. The van der Waals surface area contributed by atoms with E-state index in [-0.39, 0.29) is 0 Å². The number of aromatic nitrogens is 3. The van der Waals surface area contributed by atoms with E-state index < -0.39 is 0 Å². The number of rotatable bonds is 2. The number of halogens is 1. The molecule has 0 atom stereocenters. The number of benzene rings is 2. The summed E-state index contributed by atoms with van der Waals surface area (Å²) in [6, 6.07) is 21.9. The first-order valence-electron chi connectivity index (χ1n) is 6.97. The maximum atomic E-state index is 6.04. The molecule has 0 aliphatic heterocycles. The summed E-state index contributed by atoms with van der Waals surface area (Å²) < 4.78 is 1.78. The second-order valence-electron chi connectivity index (χ2n) is 5.03. The fourth-order valence-electron chi connectivity index (χ4n) is 2.43. The Balaban J connectivity index is 1.72. The van der Waals surface area contributed by atoms with Crippen molar-refractivity contribution in [3.05, 3.63) is 77.9 Å². The molecule has 2 aromatic carbocycles. The molecule has 0 saturated carbocycles. The summed E-state index contributed by atoms with van der Waals surface area (Å²) >= 11 is 6.04. The monoisotopic (exact) mass is 305 g/mol. The molecule has 2 aromatic heterocycles. The van der Waals surface area contributed by atoms with Crippen LogP contribution in [0.1, 0.15) is 0 Å². The van der Waals surface area contributed by atoms with Crippen molar-refractivity contribution in [3.8, 4) is 22.5 Å². The van der Waals surface area contributed by atoms with Crippen LogP contribution in [0.2, 0.25) is 5.02 Å². The molecule has 0 unspecified atom stereocenters. The molecule has 0 amide bonds. The van der Waals surface area contributed by atoms with Crippen LogP contribution in [0.4, 0.5) is 0 Å². The van der Waals surface area contributed by atoms with E-state index in [1.54, 1.807) is 4.52 Å². The lowest BCUT2D eigenvalue weighted by Gasteiger charge is -2.03. The van der Waals surface area contributed by atoms with Gasteiger partial charge >= 0.3 is 0 Å². The Morgan fingerprint density at radius 2 is 1.59 bits per heavy atom. The zero-order chi connectivity index (χ0) is 14.9. The Morgan fingerprint density at radius 3 is 2.36 bits per heavy atom. The zero-order valence-corrected chi connectivity index (χ0v) is 12.4. The fourth-order valence-corrected chi connectivity index (χ4v) is 2.62. The summed E-state index contributed by atoms with van der Waals surface area (Å²) in [6.07, 6.45) is 1.90. The van der Waals surface area contributed by atoms with Gasteiger partial charge in [-0.1, -0.05) is 54.1 Å². The molecule has 0 saturated heterocycles. The van der Waals surface area contributed by atoms with Crippen LogP contribution in [-0.2, 0) is 0 Å². The van der Waals surface area contributed by atoms with Crippen LogP contribution in [0.25, 0.3) is 28.2 Å². The Kier molecular flexibility index (Phi) is 3.13. The number of nitrogens with zero attached hydrogens (tertiary/aromatic N) is 3. The Labute approximate surface area is 132 Å². The Morgan fingerprint density at radius 1 is 0.773 bits per heavy atom. The summed E-state index contributed by atoms with van der Waals surface area (Å²) in [4.78, 5) is 4.53. The first-order valence-corrected chi connectivity index (χ1v) is 7.35. The number of pyridine rings is 1. The van der Waals surface area contributed by atoms with E-state index in [9.17, 15) is 0 Å². The van der Waals surface area contributed by atoms with Gasteiger partial charge in [-0.15, -0.1) is 5.10 Å². The van der Waals surface area contributed by atoms with Crippen molar-refractivity contribution >= 4 is 17.2 Å². The zero-order valence-electron chi connectivity index (χ0n) is 11.6. The van der Waals surface area contributed by atoms with E-state index in [0.29, 0.717) is 0 Å². The van der Waals surface area contributed by atoms with E-state index in [1.165, 1.54) is 0 Å². The Bertz CT molecular complexity index is 909. The highest BCUT2D eigenvalue weighted by Gasteiger charge is 2.06. The normalized spacial score (nSPS) is 11.0. The molecule has 106 valence electrons. The Hall–Kier alpha value is -2.65. The van der Waals surface area contributed by atoms with Gasteiger partial charge < -0.3 is 0 Å². The van der Waals surface area contributed by atoms with Crippen molar-refractivity contribution in [2.24, 2.45) is 0 Å². The second kappa shape index (κ2) is 5.28. The third-order valence-corrected chi connectivity index (χ3v) is 3.78. The molecule has 4 rings (SSSR count). The van der Waals surface area contributed by atoms with Crippen molar-refractivity contribution in [2.45, 2.75) is 0 Å². The molecule has 0 spiro atoms. The largest absolute Gasteiger partial charge is 0.221 e. The summed E-state index contributed by atoms with van der Waals surface area (Å²) in [5.74, 6) is 0.726. The number of hydrogen-bond acceptors (Lipinski definition) is 2. The van der Waals surface area contributed by atoms with Gasteiger partial charge in [-0.2, -0.15) is 0 Å². The van der Waals surface area contributed by atoms with Crippen LogP contribution in [-0.4, -0.2) is 14.6 Å². The van der Waals surface area contributed by atoms with E-state index in [1.807, 2.05) is 60.8 Å². The predicted molar refractivity (Wildman–Crippen MR) is 88.9 cm³/mol. The van der Waals surface area contributed by atoms with Crippen molar-refractivity contribution in [2.75, 3.05) is 0 Å². The van der Waals surface area contributed by atoms with Crippen LogP contribution < -0.4 is 0 Å². The van der Waals surface area contributed by atoms with E-state index >= 15 is 0 Å². The first kappa shape index (κ1) is 13.0. The molecule has 4 heteroatoms. The minimum absolute atomic E-state index is 0.726. The molecule has 2 heterocycles. The van der Waals surface area contributed by atoms with Crippen LogP contribution in [0, 0.1) is 0 Å². The molecular weight excluding hydrogens is 294 g/mol. The highest BCUT2D eigenvalue weighted by Crippen LogP contribution is 2.25. The first-order chi connectivity index (χ1) is 10.8. The average Bonchev–Trinajstić information content (AvgIpc) is 2.99. The van der Waals surface area contributed by atoms with E-state index in [4.69, 9.17) is 11.6 Å². The fraction of sp³-hybridized carbons (Fsp3) is 0. The van der Waals surface area contributed by atoms with Crippen molar-refractivity contribution in [1.29, 1.82) is 0 Å². The topological polar surface area (TPSA) is 30.2 Å². The van der Waals surface area contributed by atoms with Gasteiger partial charge in [0.05, 0.1) is 0 Å². The van der Waals surface area contributed by atoms with Gasteiger partial charge in [0.15, 0.2) is 11.5 Å². The molecule has 0 bridgehead atoms. The molecular formula is C18H12ClN3. The standard InChI is InChI=1S/C18H12ClN3/c19-16-5-3-4-15(12-16)13-7-9-14(10-8-13)18-20-17-6-1-2-11-22(17)21-18/h1-12H. The highest BCUT2D eigenvalue weighted by atomic mass is 35.5. The van der Waals surface area contributed by atoms with Gasteiger partial charge in [0.2, 0.25) is 0 Å². The van der Waals surface area contributed by atoms with Gasteiger partial charge in [-0.05, 0) is 35.4 Å². The SMILES string of the molecule is Clc1cccc(-c2ccc(-c3nc4ccccn4n3)cc2)c1. The van der Waals surface area contributed by atoms with Crippen LogP contribution in [0.5, 0.6) is 0 Å². The van der Waals surface area contributed by atoms with Gasteiger partial charge in [-0.25, -0.2) is 9.50 Å². The molecule has 0 aliphatic rings. The van der Waals surface area contributed by atoms with Gasteiger partial charge in [0.25, 0.3) is 0 Å². The van der Waals surface area contributed by atoms with Crippen LogP contribution in [0.15, 0.2) is 72.9 Å². The summed E-state index contributed by atoms with van der Waals surface area (Å²) in [6.45, 7) is 0. The molecule has 0 fully saturated rings. The second-order valence-corrected chi connectivity index (χ2v) is 5.46. The molecule has 0 radical (unpaired) electrons. The summed E-state index contributed by atoms with van der Waals surface area (Å²) in [5, 5.41) is 5.22. The molecule has 0 aliphatic carbocycles. The average molecular weight is 306 g/mol. The van der Waals surface area contributed by atoms with Crippen molar-refractivity contribution in [3.63, 3.8) is 0 Å². The smallest absolute Gasteiger partial charge is 0.182 e. The third-order valence-electron chi connectivity index (χ3n) is 3.54. The number of fused-ring (bicyclic) bond motifs is 1. The van der Waals surface area contributed by atoms with Crippen molar-refractivity contribution in [1.82, 2.24) is 14.6 Å². The highest BCUT2D eigenvalue weighted by molar-refractivity contribution is 6.30. The maximum Gasteiger partial charge on any atom is 0.182 e. The van der Waals surface area contributed by atoms with Crippen molar-refractivity contribution < 1.29 is 0 Å². The summed E-state index contributed by atoms with van der Waals surface area (Å²) in [7, 11) is 0. The number of hydrogen-bond donors (Lipinski definition) is 0. The molecule has 0 N–H and O–H groups in total. The van der Waals surface area contributed by atoms with Crippen LogP contribution in [0.3, 0.4) is 0 Å². The van der Waals surface area contributed by atoms with E-state index in [2.05, 4.69) is 22.2 Å². The van der Waals surface area contributed by atoms with Gasteiger partial charge in [0, 0.05) is 16.8 Å². The minimum atomic E-state index is 0.726. The lowest BCUT2D eigenvalue weighted by molar-refractivity contribution is 0.966. The molecule has 4 aromatic rings. The quantitative estimate of drug-likeness (QED) is 0.536. The van der Waals surface area contributed by atoms with Gasteiger partial charge in [0.1, 0.15) is 0 Å².